The van der Waals surface area contributed by atoms with Gasteiger partial charge >= 0.3 is 0 Å². The van der Waals surface area contributed by atoms with E-state index < -0.39 is 0 Å². The monoisotopic (exact) mass is 280 g/mol. The minimum Gasteiger partial charge on any atom is -0.497 e. The van der Waals surface area contributed by atoms with Crippen molar-refractivity contribution >= 4 is 5.69 Å². The Balaban J connectivity index is 3.15. The van der Waals surface area contributed by atoms with Crippen LogP contribution in [0.15, 0.2) is 18.2 Å². The fourth-order valence-corrected chi connectivity index (χ4v) is 2.53. The highest BCUT2D eigenvalue weighted by Crippen LogP contribution is 2.29. The molecule has 0 heterocycles. The van der Waals surface area contributed by atoms with E-state index in [9.17, 15) is 0 Å². The van der Waals surface area contributed by atoms with Crippen molar-refractivity contribution in [3.8, 4) is 5.75 Å². The van der Waals surface area contributed by atoms with Crippen LogP contribution in [0.2, 0.25) is 0 Å². The lowest BCUT2D eigenvalue weighted by atomic mass is 10.1. The van der Waals surface area contributed by atoms with Gasteiger partial charge in [-0.2, -0.15) is 0 Å². The lowest BCUT2D eigenvalue weighted by Gasteiger charge is -2.34. The number of ether oxygens (including phenoxy) is 2. The first-order chi connectivity index (χ1) is 9.71. The minimum atomic E-state index is 0.488. The maximum atomic E-state index is 5.89. The van der Waals surface area contributed by atoms with Gasteiger partial charge in [0.2, 0.25) is 0 Å². The van der Waals surface area contributed by atoms with E-state index in [1.54, 1.807) is 14.2 Å². The number of anilines is 1. The fraction of sp³-hybridized carbons (Fsp3) is 0.625. The minimum absolute atomic E-state index is 0.488. The van der Waals surface area contributed by atoms with Crippen molar-refractivity contribution in [2.75, 3.05) is 32.3 Å². The Labute approximate surface area is 122 Å². The third-order valence-corrected chi connectivity index (χ3v) is 3.74. The first-order valence-corrected chi connectivity index (χ1v) is 7.34. The second kappa shape index (κ2) is 8.82. The molecule has 2 N–H and O–H groups in total. The molecular weight excluding hydrogens is 252 g/mol. The van der Waals surface area contributed by atoms with E-state index in [0.29, 0.717) is 19.2 Å². The van der Waals surface area contributed by atoms with E-state index in [1.807, 2.05) is 6.07 Å². The highest BCUT2D eigenvalue weighted by Gasteiger charge is 2.18. The molecular formula is C16H28N2O2. The summed E-state index contributed by atoms with van der Waals surface area (Å²) in [6.07, 6.45) is 2.20. The standard InChI is InChI=1S/C16H28N2O2/c1-5-14(6-2)18(9-10-19-3)16-11-15(20-4)8-7-13(16)12-17/h7-8,11,14H,5-6,9-10,12,17H2,1-4H3. The molecule has 0 fully saturated rings. The van der Waals surface area contributed by atoms with Crippen LogP contribution in [0.3, 0.4) is 0 Å². The molecule has 0 saturated carbocycles. The third kappa shape index (κ3) is 4.12. The average molecular weight is 280 g/mol. The molecule has 0 spiro atoms. The molecule has 0 unspecified atom stereocenters. The molecule has 4 nitrogen and oxygen atoms in total. The third-order valence-electron chi connectivity index (χ3n) is 3.74. The van der Waals surface area contributed by atoms with E-state index >= 15 is 0 Å². The summed E-state index contributed by atoms with van der Waals surface area (Å²) in [5, 5.41) is 0. The number of hydrogen-bond donors (Lipinski definition) is 1. The Morgan fingerprint density at radius 1 is 1.20 bits per heavy atom. The summed E-state index contributed by atoms with van der Waals surface area (Å²) >= 11 is 0. The van der Waals surface area contributed by atoms with E-state index in [4.69, 9.17) is 15.2 Å². The van der Waals surface area contributed by atoms with Crippen LogP contribution in [0.5, 0.6) is 5.75 Å². The van der Waals surface area contributed by atoms with Crippen LogP contribution in [-0.4, -0.2) is 33.4 Å². The molecule has 0 aliphatic heterocycles. The van der Waals surface area contributed by atoms with Crippen LogP contribution in [0.25, 0.3) is 0 Å². The van der Waals surface area contributed by atoms with Gasteiger partial charge in [-0.25, -0.2) is 0 Å². The van der Waals surface area contributed by atoms with Crippen LogP contribution in [-0.2, 0) is 11.3 Å². The van der Waals surface area contributed by atoms with Crippen LogP contribution >= 0.6 is 0 Å². The molecule has 20 heavy (non-hydrogen) atoms. The molecule has 0 aliphatic carbocycles. The Bertz CT molecular complexity index is 392. The molecule has 0 atom stereocenters. The first kappa shape index (κ1) is 16.8. The highest BCUT2D eigenvalue weighted by atomic mass is 16.5. The van der Waals surface area contributed by atoms with E-state index in [-0.39, 0.29) is 0 Å². The van der Waals surface area contributed by atoms with Crippen molar-refractivity contribution < 1.29 is 9.47 Å². The molecule has 4 heteroatoms. The molecule has 0 amide bonds. The molecule has 114 valence electrons. The van der Waals surface area contributed by atoms with Gasteiger partial charge in [0.05, 0.1) is 13.7 Å². The predicted octanol–water partition coefficient (Wildman–Crippen LogP) is 2.80. The maximum Gasteiger partial charge on any atom is 0.120 e. The zero-order chi connectivity index (χ0) is 15.0. The van der Waals surface area contributed by atoms with Gasteiger partial charge in [0.1, 0.15) is 5.75 Å². The van der Waals surface area contributed by atoms with Crippen LogP contribution in [0.1, 0.15) is 32.3 Å². The molecule has 1 aromatic rings. The van der Waals surface area contributed by atoms with Gasteiger partial charge in [-0.15, -0.1) is 0 Å². The maximum absolute atomic E-state index is 5.89. The summed E-state index contributed by atoms with van der Waals surface area (Å²) in [4.78, 5) is 2.40. The van der Waals surface area contributed by atoms with Gasteiger partial charge in [0.15, 0.2) is 0 Å². The lowest BCUT2D eigenvalue weighted by Crippen LogP contribution is -2.38. The molecule has 1 aromatic carbocycles. The molecule has 0 saturated heterocycles. The van der Waals surface area contributed by atoms with Crippen LogP contribution in [0, 0.1) is 0 Å². The quantitative estimate of drug-likeness (QED) is 0.755. The van der Waals surface area contributed by atoms with Crippen molar-refractivity contribution in [2.45, 2.75) is 39.3 Å². The molecule has 0 bridgehead atoms. The Morgan fingerprint density at radius 2 is 1.90 bits per heavy atom. The van der Waals surface area contributed by atoms with E-state index in [1.165, 1.54) is 0 Å². The van der Waals surface area contributed by atoms with Crippen LogP contribution in [0.4, 0.5) is 5.69 Å². The van der Waals surface area contributed by atoms with Crippen LogP contribution < -0.4 is 15.4 Å². The van der Waals surface area contributed by atoms with Gasteiger partial charge in [0, 0.05) is 38.0 Å². The largest absolute Gasteiger partial charge is 0.497 e. The van der Waals surface area contributed by atoms with Crippen molar-refractivity contribution in [1.82, 2.24) is 0 Å². The number of hydrogen-bond acceptors (Lipinski definition) is 4. The van der Waals surface area contributed by atoms with Crippen molar-refractivity contribution in [1.29, 1.82) is 0 Å². The smallest absolute Gasteiger partial charge is 0.120 e. The zero-order valence-electron chi connectivity index (χ0n) is 13.2. The van der Waals surface area contributed by atoms with Crippen molar-refractivity contribution in [3.63, 3.8) is 0 Å². The summed E-state index contributed by atoms with van der Waals surface area (Å²) in [7, 11) is 3.43. The number of methoxy groups -OCH3 is 2. The number of benzene rings is 1. The second-order valence-corrected chi connectivity index (χ2v) is 4.86. The predicted molar refractivity (Wildman–Crippen MR) is 84.5 cm³/mol. The molecule has 0 aromatic heterocycles. The molecule has 1 rings (SSSR count). The van der Waals surface area contributed by atoms with Crippen molar-refractivity contribution in [2.24, 2.45) is 5.73 Å². The van der Waals surface area contributed by atoms with Gasteiger partial charge in [0.25, 0.3) is 0 Å². The first-order valence-electron chi connectivity index (χ1n) is 7.34. The number of rotatable bonds is 9. The Kier molecular flexibility index (Phi) is 7.41. The van der Waals surface area contributed by atoms with Gasteiger partial charge in [-0.1, -0.05) is 19.9 Å². The summed E-state index contributed by atoms with van der Waals surface area (Å²) in [6.45, 7) is 6.54. The lowest BCUT2D eigenvalue weighted by molar-refractivity contribution is 0.202. The summed E-state index contributed by atoms with van der Waals surface area (Å²) in [5.41, 5.74) is 8.20. The van der Waals surface area contributed by atoms with Gasteiger partial charge in [-0.3, -0.25) is 0 Å². The highest BCUT2D eigenvalue weighted by molar-refractivity contribution is 5.58. The van der Waals surface area contributed by atoms with Gasteiger partial charge < -0.3 is 20.1 Å². The fourth-order valence-electron chi connectivity index (χ4n) is 2.53. The van der Waals surface area contributed by atoms with E-state index in [0.717, 1.165) is 36.4 Å². The van der Waals surface area contributed by atoms with E-state index in [2.05, 4.69) is 30.9 Å². The second-order valence-electron chi connectivity index (χ2n) is 4.86. The normalized spacial score (nSPS) is 10.9. The van der Waals surface area contributed by atoms with Crippen molar-refractivity contribution in [3.05, 3.63) is 23.8 Å². The summed E-state index contributed by atoms with van der Waals surface area (Å²) < 4.78 is 10.6. The zero-order valence-corrected chi connectivity index (χ0v) is 13.2. The molecule has 0 radical (unpaired) electrons. The number of nitrogens with two attached hydrogens (primary N) is 1. The Hall–Kier alpha value is -1.26. The topological polar surface area (TPSA) is 47.7 Å². The average Bonchev–Trinajstić information content (AvgIpc) is 2.50. The summed E-state index contributed by atoms with van der Waals surface area (Å²) in [6, 6.07) is 6.59. The van der Waals surface area contributed by atoms with Gasteiger partial charge in [-0.05, 0) is 24.5 Å². The molecule has 0 aliphatic rings. The Morgan fingerprint density at radius 3 is 2.40 bits per heavy atom. The number of nitrogens with zero attached hydrogens (tertiary/aromatic N) is 1. The SMILES string of the molecule is CCC(CC)N(CCOC)c1cc(OC)ccc1CN. The summed E-state index contributed by atoms with van der Waals surface area (Å²) in [5.74, 6) is 0.866.